The summed E-state index contributed by atoms with van der Waals surface area (Å²) in [5.74, 6) is -0.842. The molecule has 2 unspecified atom stereocenters. The van der Waals surface area contributed by atoms with Crippen LogP contribution in [0.1, 0.15) is 47.2 Å². The summed E-state index contributed by atoms with van der Waals surface area (Å²) in [5.41, 5.74) is 7.47. The number of carbonyl (C=O) groups is 3. The van der Waals surface area contributed by atoms with Gasteiger partial charge in [0.1, 0.15) is 6.04 Å². The van der Waals surface area contributed by atoms with Gasteiger partial charge in [-0.1, -0.05) is 12.1 Å². The van der Waals surface area contributed by atoms with Gasteiger partial charge in [-0.3, -0.25) is 24.6 Å². The molecule has 2 fully saturated rings. The summed E-state index contributed by atoms with van der Waals surface area (Å²) >= 11 is 0. The van der Waals surface area contributed by atoms with Gasteiger partial charge in [0.2, 0.25) is 11.8 Å². The van der Waals surface area contributed by atoms with Crippen LogP contribution >= 0.6 is 0 Å². The SMILES string of the molecule is NCC1(O)CCCN(Cc2ccc3c(c2)CN(C2CCC(=O)NC2=O)C3=O)C1. The largest absolute Gasteiger partial charge is 0.387 e. The third-order valence-electron chi connectivity index (χ3n) is 6.01. The van der Waals surface area contributed by atoms with Crippen LogP contribution in [-0.4, -0.2) is 63.9 Å². The molecule has 4 N–H and O–H groups in total. The number of hydrogen-bond donors (Lipinski definition) is 3. The molecular weight excluding hydrogens is 360 g/mol. The zero-order valence-electron chi connectivity index (χ0n) is 15.8. The Balaban J connectivity index is 1.47. The first kappa shape index (κ1) is 19.0. The van der Waals surface area contributed by atoms with Crippen molar-refractivity contribution in [2.75, 3.05) is 19.6 Å². The number of benzene rings is 1. The Labute approximate surface area is 163 Å². The number of β-amino-alcohol motifs (C(OH)–C–C–N with tert-alkyl or cyclic N) is 1. The van der Waals surface area contributed by atoms with Gasteiger partial charge in [0.05, 0.1) is 5.60 Å². The maximum absolute atomic E-state index is 12.8. The van der Waals surface area contributed by atoms with Crippen LogP contribution < -0.4 is 11.1 Å². The molecule has 0 bridgehead atoms. The van der Waals surface area contributed by atoms with E-state index in [1.165, 1.54) is 0 Å². The highest BCUT2D eigenvalue weighted by Gasteiger charge is 2.39. The van der Waals surface area contributed by atoms with E-state index in [1.807, 2.05) is 18.2 Å². The van der Waals surface area contributed by atoms with Crippen molar-refractivity contribution >= 4 is 17.7 Å². The lowest BCUT2D eigenvalue weighted by atomic mass is 9.92. The van der Waals surface area contributed by atoms with Crippen LogP contribution in [0.3, 0.4) is 0 Å². The van der Waals surface area contributed by atoms with E-state index in [4.69, 9.17) is 5.73 Å². The number of nitrogens with one attached hydrogen (secondary N) is 1. The lowest BCUT2D eigenvalue weighted by molar-refractivity contribution is -0.136. The van der Waals surface area contributed by atoms with Gasteiger partial charge in [0.25, 0.3) is 5.91 Å². The molecule has 3 heterocycles. The first-order valence-corrected chi connectivity index (χ1v) is 9.80. The van der Waals surface area contributed by atoms with Crippen LogP contribution in [0.2, 0.25) is 0 Å². The van der Waals surface area contributed by atoms with Crippen molar-refractivity contribution in [1.82, 2.24) is 15.1 Å². The predicted octanol–water partition coefficient (Wildman–Crippen LogP) is -0.267. The summed E-state index contributed by atoms with van der Waals surface area (Å²) in [6.45, 7) is 2.76. The minimum absolute atomic E-state index is 0.161. The third kappa shape index (κ3) is 3.55. The third-order valence-corrected chi connectivity index (χ3v) is 6.01. The molecule has 1 aromatic carbocycles. The molecule has 8 nitrogen and oxygen atoms in total. The molecule has 8 heteroatoms. The minimum Gasteiger partial charge on any atom is -0.387 e. The highest BCUT2D eigenvalue weighted by molar-refractivity contribution is 6.05. The van der Waals surface area contributed by atoms with Crippen LogP contribution in [0.4, 0.5) is 0 Å². The molecule has 0 aliphatic carbocycles. The number of amides is 3. The van der Waals surface area contributed by atoms with E-state index in [0.717, 1.165) is 30.5 Å². The van der Waals surface area contributed by atoms with E-state index >= 15 is 0 Å². The van der Waals surface area contributed by atoms with Crippen molar-refractivity contribution in [3.05, 3.63) is 34.9 Å². The van der Waals surface area contributed by atoms with Crippen LogP contribution in [0, 0.1) is 0 Å². The molecule has 0 saturated carbocycles. The number of likely N-dealkylation sites (tertiary alicyclic amines) is 1. The van der Waals surface area contributed by atoms with Crippen molar-refractivity contribution in [3.8, 4) is 0 Å². The molecule has 2 saturated heterocycles. The van der Waals surface area contributed by atoms with Crippen LogP contribution in [0.15, 0.2) is 18.2 Å². The van der Waals surface area contributed by atoms with Gasteiger partial charge in [-0.15, -0.1) is 0 Å². The number of hydrogen-bond acceptors (Lipinski definition) is 6. The maximum Gasteiger partial charge on any atom is 0.255 e. The van der Waals surface area contributed by atoms with Gasteiger partial charge in [0, 0.05) is 38.2 Å². The van der Waals surface area contributed by atoms with E-state index in [0.29, 0.717) is 31.6 Å². The molecule has 0 aromatic heterocycles. The number of piperidine rings is 2. The molecule has 1 aromatic rings. The molecular formula is C20H26N4O4. The number of imide groups is 1. The highest BCUT2D eigenvalue weighted by atomic mass is 16.3. The molecule has 0 radical (unpaired) electrons. The molecule has 4 rings (SSSR count). The average Bonchev–Trinajstić information content (AvgIpc) is 2.98. The Kier molecular flexibility index (Phi) is 4.95. The van der Waals surface area contributed by atoms with Gasteiger partial charge in [0.15, 0.2) is 0 Å². The van der Waals surface area contributed by atoms with Crippen LogP contribution in [0.5, 0.6) is 0 Å². The van der Waals surface area contributed by atoms with E-state index in [1.54, 1.807) is 4.90 Å². The van der Waals surface area contributed by atoms with Crippen molar-refractivity contribution in [2.45, 2.75) is 50.4 Å². The maximum atomic E-state index is 12.8. The predicted molar refractivity (Wildman–Crippen MR) is 101 cm³/mol. The fourth-order valence-electron chi connectivity index (χ4n) is 4.49. The van der Waals surface area contributed by atoms with E-state index < -0.39 is 17.6 Å². The summed E-state index contributed by atoms with van der Waals surface area (Å²) in [4.78, 5) is 40.0. The van der Waals surface area contributed by atoms with Gasteiger partial charge in [-0.2, -0.15) is 0 Å². The Morgan fingerprint density at radius 1 is 1.29 bits per heavy atom. The Morgan fingerprint density at radius 2 is 2.11 bits per heavy atom. The standard InChI is InChI=1S/C20H26N4O4/c21-11-20(28)6-1-7-23(12-20)9-13-2-3-15-14(8-13)10-24(19(15)27)16-4-5-17(25)22-18(16)26/h2-3,8,16,28H,1,4-7,9-12,21H2,(H,22,25,26). The lowest BCUT2D eigenvalue weighted by Crippen LogP contribution is -2.52. The smallest absolute Gasteiger partial charge is 0.255 e. The Hall–Kier alpha value is -2.29. The van der Waals surface area contributed by atoms with E-state index in [9.17, 15) is 19.5 Å². The first-order valence-electron chi connectivity index (χ1n) is 9.80. The molecule has 3 aliphatic heterocycles. The molecule has 3 amide bonds. The van der Waals surface area contributed by atoms with E-state index in [-0.39, 0.29) is 24.8 Å². The molecule has 3 aliphatic rings. The first-order chi connectivity index (χ1) is 13.4. The second-order valence-electron chi connectivity index (χ2n) is 8.13. The van der Waals surface area contributed by atoms with Crippen molar-refractivity contribution < 1.29 is 19.5 Å². The summed E-state index contributed by atoms with van der Waals surface area (Å²) in [7, 11) is 0. The highest BCUT2D eigenvalue weighted by Crippen LogP contribution is 2.29. The van der Waals surface area contributed by atoms with Gasteiger partial charge >= 0.3 is 0 Å². The van der Waals surface area contributed by atoms with Crippen LogP contribution in [0.25, 0.3) is 0 Å². The number of rotatable bonds is 4. The molecule has 0 spiro atoms. The van der Waals surface area contributed by atoms with Crippen molar-refractivity contribution in [3.63, 3.8) is 0 Å². The number of nitrogens with two attached hydrogens (primary N) is 1. The number of fused-ring (bicyclic) bond motifs is 1. The monoisotopic (exact) mass is 386 g/mol. The van der Waals surface area contributed by atoms with E-state index in [2.05, 4.69) is 10.2 Å². The minimum atomic E-state index is -0.826. The number of nitrogens with zero attached hydrogens (tertiary/aromatic N) is 2. The number of aliphatic hydroxyl groups is 1. The van der Waals surface area contributed by atoms with Gasteiger partial charge in [-0.25, -0.2) is 0 Å². The van der Waals surface area contributed by atoms with Crippen molar-refractivity contribution in [2.24, 2.45) is 5.73 Å². The zero-order chi connectivity index (χ0) is 19.9. The quantitative estimate of drug-likeness (QED) is 0.614. The molecule has 2 atom stereocenters. The van der Waals surface area contributed by atoms with Crippen molar-refractivity contribution in [1.29, 1.82) is 0 Å². The Bertz CT molecular complexity index is 826. The molecule has 28 heavy (non-hydrogen) atoms. The summed E-state index contributed by atoms with van der Waals surface area (Å²) in [6, 6.07) is 5.16. The zero-order valence-corrected chi connectivity index (χ0v) is 15.8. The van der Waals surface area contributed by atoms with Crippen LogP contribution in [-0.2, 0) is 22.7 Å². The second-order valence-corrected chi connectivity index (χ2v) is 8.13. The second kappa shape index (κ2) is 7.27. The summed E-state index contributed by atoms with van der Waals surface area (Å²) < 4.78 is 0. The topological polar surface area (TPSA) is 116 Å². The summed E-state index contributed by atoms with van der Waals surface area (Å²) in [5, 5.41) is 12.8. The summed E-state index contributed by atoms with van der Waals surface area (Å²) in [6.07, 6.45) is 2.24. The van der Waals surface area contributed by atoms with Gasteiger partial charge < -0.3 is 15.7 Å². The fourth-order valence-corrected chi connectivity index (χ4v) is 4.49. The van der Waals surface area contributed by atoms with Gasteiger partial charge in [-0.05, 0) is 43.0 Å². The average molecular weight is 386 g/mol. The lowest BCUT2D eigenvalue weighted by Gasteiger charge is -2.38. The Morgan fingerprint density at radius 3 is 2.86 bits per heavy atom. The normalized spacial score (nSPS) is 28.4. The molecule has 150 valence electrons. The number of carbonyl (C=O) groups excluding carboxylic acids is 3. The fraction of sp³-hybridized carbons (Fsp3) is 0.550.